The lowest BCUT2D eigenvalue weighted by molar-refractivity contribution is -0.131. The van der Waals surface area contributed by atoms with Gasteiger partial charge >= 0.3 is 5.97 Å². The van der Waals surface area contributed by atoms with Crippen molar-refractivity contribution in [3.8, 4) is 5.75 Å². The van der Waals surface area contributed by atoms with Crippen LogP contribution in [0.15, 0.2) is 41.8 Å². The minimum Gasteiger partial charge on any atom is -0.496 e. The summed E-state index contributed by atoms with van der Waals surface area (Å²) in [4.78, 5) is 11.9. The fraction of sp³-hybridized carbons (Fsp3) is 0.133. The Kier molecular flexibility index (Phi) is 4.02. The molecule has 0 bridgehead atoms. The molecule has 0 radical (unpaired) electrons. The Morgan fingerprint density at radius 3 is 2.68 bits per heavy atom. The lowest BCUT2D eigenvalue weighted by Crippen LogP contribution is -1.95. The van der Waals surface area contributed by atoms with E-state index < -0.39 is 5.97 Å². The van der Waals surface area contributed by atoms with Gasteiger partial charge in [-0.3, -0.25) is 0 Å². The molecular weight excluding hydrogens is 260 g/mol. The number of carboxylic acids is 1. The first kappa shape index (κ1) is 13.4. The Balaban J connectivity index is 2.51. The van der Waals surface area contributed by atoms with Gasteiger partial charge in [-0.05, 0) is 41.6 Å². The van der Waals surface area contributed by atoms with Gasteiger partial charge in [-0.15, -0.1) is 11.3 Å². The number of benzene rings is 1. The Labute approximate surface area is 115 Å². The zero-order valence-corrected chi connectivity index (χ0v) is 11.5. The summed E-state index contributed by atoms with van der Waals surface area (Å²) in [6.07, 6.45) is 1.24. The van der Waals surface area contributed by atoms with Crippen LogP contribution in [0, 0.1) is 6.92 Å². The molecule has 0 saturated carbocycles. The van der Waals surface area contributed by atoms with E-state index >= 15 is 0 Å². The average Bonchev–Trinajstić information content (AvgIpc) is 2.89. The molecule has 1 N–H and O–H groups in total. The Morgan fingerprint density at radius 1 is 1.37 bits per heavy atom. The summed E-state index contributed by atoms with van der Waals surface area (Å²) in [6, 6.07) is 9.49. The van der Waals surface area contributed by atoms with E-state index in [9.17, 15) is 4.79 Å². The van der Waals surface area contributed by atoms with E-state index in [1.54, 1.807) is 7.11 Å². The topological polar surface area (TPSA) is 46.5 Å². The van der Waals surface area contributed by atoms with Gasteiger partial charge in [0.2, 0.25) is 0 Å². The van der Waals surface area contributed by atoms with Gasteiger partial charge in [0.1, 0.15) is 5.75 Å². The predicted octanol–water partition coefficient (Wildman–Crippen LogP) is 3.58. The molecule has 0 aliphatic heterocycles. The summed E-state index contributed by atoms with van der Waals surface area (Å²) in [7, 11) is 1.62. The van der Waals surface area contributed by atoms with E-state index in [-0.39, 0.29) is 0 Å². The second kappa shape index (κ2) is 5.71. The van der Waals surface area contributed by atoms with Crippen molar-refractivity contribution < 1.29 is 14.6 Å². The molecule has 0 amide bonds. The minimum absolute atomic E-state index is 0.716. The van der Waals surface area contributed by atoms with Crippen molar-refractivity contribution in [3.63, 3.8) is 0 Å². The molecule has 1 heterocycles. The van der Waals surface area contributed by atoms with Crippen LogP contribution in [0.5, 0.6) is 5.75 Å². The number of carboxylic acid groups (broad SMARTS) is 1. The van der Waals surface area contributed by atoms with Crippen LogP contribution >= 0.6 is 11.3 Å². The van der Waals surface area contributed by atoms with Gasteiger partial charge in [0, 0.05) is 16.5 Å². The molecule has 2 rings (SSSR count). The molecule has 3 nitrogen and oxygen atoms in total. The molecule has 0 fully saturated rings. The fourth-order valence-corrected chi connectivity index (χ4v) is 2.66. The maximum Gasteiger partial charge on any atom is 0.328 e. The van der Waals surface area contributed by atoms with Crippen molar-refractivity contribution in [2.45, 2.75) is 6.92 Å². The fourth-order valence-electron chi connectivity index (χ4n) is 1.90. The third-order valence-electron chi connectivity index (χ3n) is 2.76. The molecule has 98 valence electrons. The van der Waals surface area contributed by atoms with E-state index in [1.807, 2.05) is 42.6 Å². The molecule has 0 spiro atoms. The zero-order valence-electron chi connectivity index (χ0n) is 10.7. The molecule has 4 heteroatoms. The lowest BCUT2D eigenvalue weighted by atomic mass is 10.0. The third kappa shape index (κ3) is 3.03. The molecular formula is C15H14O3S. The summed E-state index contributed by atoms with van der Waals surface area (Å²) in [5.74, 6) is -0.151. The van der Waals surface area contributed by atoms with Gasteiger partial charge in [-0.1, -0.05) is 12.1 Å². The predicted molar refractivity (Wildman–Crippen MR) is 76.8 cm³/mol. The van der Waals surface area contributed by atoms with Crippen LogP contribution < -0.4 is 4.74 Å². The number of aliphatic carboxylic acids is 1. The van der Waals surface area contributed by atoms with Crippen molar-refractivity contribution in [2.75, 3.05) is 7.11 Å². The SMILES string of the molecule is COc1ccc(/C(=C/C(=O)O)c2cccs2)cc1C. The Hall–Kier alpha value is -2.07. The first-order chi connectivity index (χ1) is 9.11. The van der Waals surface area contributed by atoms with Crippen LogP contribution in [-0.2, 0) is 4.79 Å². The maximum atomic E-state index is 11.0. The van der Waals surface area contributed by atoms with Crippen molar-refractivity contribution in [1.29, 1.82) is 0 Å². The third-order valence-corrected chi connectivity index (χ3v) is 3.66. The number of hydrogen-bond donors (Lipinski definition) is 1. The van der Waals surface area contributed by atoms with Gasteiger partial charge in [0.15, 0.2) is 0 Å². The van der Waals surface area contributed by atoms with Gasteiger partial charge in [0.05, 0.1) is 7.11 Å². The first-order valence-corrected chi connectivity index (χ1v) is 6.63. The van der Waals surface area contributed by atoms with E-state index in [2.05, 4.69) is 0 Å². The molecule has 0 atom stereocenters. The number of hydrogen-bond acceptors (Lipinski definition) is 3. The second-order valence-electron chi connectivity index (χ2n) is 4.06. The van der Waals surface area contributed by atoms with Gasteiger partial charge in [-0.25, -0.2) is 4.79 Å². The van der Waals surface area contributed by atoms with Crippen LogP contribution in [0.1, 0.15) is 16.0 Å². The summed E-state index contributed by atoms with van der Waals surface area (Å²) in [5, 5.41) is 10.9. The zero-order chi connectivity index (χ0) is 13.8. The monoisotopic (exact) mass is 274 g/mol. The van der Waals surface area contributed by atoms with Gasteiger partial charge < -0.3 is 9.84 Å². The quantitative estimate of drug-likeness (QED) is 0.867. The van der Waals surface area contributed by atoms with E-state index in [4.69, 9.17) is 9.84 Å². The van der Waals surface area contributed by atoms with Crippen LogP contribution in [0.3, 0.4) is 0 Å². The molecule has 1 aromatic carbocycles. The van der Waals surface area contributed by atoms with Gasteiger partial charge in [0.25, 0.3) is 0 Å². The van der Waals surface area contributed by atoms with E-state index in [1.165, 1.54) is 17.4 Å². The number of ether oxygens (including phenoxy) is 1. The Bertz CT molecular complexity index is 612. The van der Waals surface area contributed by atoms with Gasteiger partial charge in [-0.2, -0.15) is 0 Å². The average molecular weight is 274 g/mol. The lowest BCUT2D eigenvalue weighted by Gasteiger charge is -2.09. The molecule has 2 aromatic rings. The highest BCUT2D eigenvalue weighted by Crippen LogP contribution is 2.30. The Morgan fingerprint density at radius 2 is 2.16 bits per heavy atom. The second-order valence-corrected chi connectivity index (χ2v) is 5.01. The highest BCUT2D eigenvalue weighted by Gasteiger charge is 2.10. The number of aryl methyl sites for hydroxylation is 1. The molecule has 0 aliphatic carbocycles. The largest absolute Gasteiger partial charge is 0.496 e. The highest BCUT2D eigenvalue weighted by atomic mass is 32.1. The number of methoxy groups -OCH3 is 1. The van der Waals surface area contributed by atoms with Crippen LogP contribution in [-0.4, -0.2) is 18.2 Å². The molecule has 0 unspecified atom stereocenters. The van der Waals surface area contributed by atoms with E-state index in [0.717, 1.165) is 21.8 Å². The van der Waals surface area contributed by atoms with Crippen molar-refractivity contribution in [1.82, 2.24) is 0 Å². The van der Waals surface area contributed by atoms with Crippen LogP contribution in [0.25, 0.3) is 5.57 Å². The van der Waals surface area contributed by atoms with Crippen molar-refractivity contribution in [2.24, 2.45) is 0 Å². The normalized spacial score (nSPS) is 11.4. The number of rotatable bonds is 4. The molecule has 1 aromatic heterocycles. The molecule has 19 heavy (non-hydrogen) atoms. The van der Waals surface area contributed by atoms with Crippen LogP contribution in [0.4, 0.5) is 0 Å². The standard InChI is InChI=1S/C15H14O3S/c1-10-8-11(5-6-13(10)18-2)12(9-15(16)17)14-4-3-7-19-14/h3-9H,1-2H3,(H,16,17)/b12-9-. The molecule has 0 aliphatic rings. The smallest absolute Gasteiger partial charge is 0.328 e. The summed E-state index contributed by atoms with van der Waals surface area (Å²) in [6.45, 7) is 1.94. The number of thiophene rings is 1. The van der Waals surface area contributed by atoms with Crippen molar-refractivity contribution >= 4 is 22.9 Å². The molecule has 0 saturated heterocycles. The highest BCUT2D eigenvalue weighted by molar-refractivity contribution is 7.11. The van der Waals surface area contributed by atoms with E-state index in [0.29, 0.717) is 5.57 Å². The summed E-state index contributed by atoms with van der Waals surface area (Å²) < 4.78 is 5.22. The van der Waals surface area contributed by atoms with Crippen molar-refractivity contribution in [3.05, 3.63) is 57.8 Å². The minimum atomic E-state index is -0.947. The first-order valence-electron chi connectivity index (χ1n) is 5.75. The number of carbonyl (C=O) groups is 1. The summed E-state index contributed by atoms with van der Waals surface area (Å²) >= 11 is 1.52. The van der Waals surface area contributed by atoms with Crippen LogP contribution in [0.2, 0.25) is 0 Å². The maximum absolute atomic E-state index is 11.0. The summed E-state index contributed by atoms with van der Waals surface area (Å²) in [5.41, 5.74) is 2.57.